The number of amides is 1. The number of fused-ring (bicyclic) bond motifs is 1. The van der Waals surface area contributed by atoms with Crippen LogP contribution in [0.4, 0.5) is 5.69 Å². The molecule has 1 atom stereocenters. The molecule has 1 aromatic carbocycles. The molecule has 1 unspecified atom stereocenters. The first-order valence-corrected chi connectivity index (χ1v) is 7.47. The van der Waals surface area contributed by atoms with Crippen molar-refractivity contribution in [2.45, 2.75) is 30.7 Å². The van der Waals surface area contributed by atoms with Gasteiger partial charge in [-0.25, -0.2) is 8.42 Å². The number of carbonyl (C=O) groups is 1. The third kappa shape index (κ3) is 2.54. The summed E-state index contributed by atoms with van der Waals surface area (Å²) in [4.78, 5) is 11.8. The molecule has 0 aromatic heterocycles. The zero-order chi connectivity index (χ0) is 13.3. The van der Waals surface area contributed by atoms with Crippen LogP contribution in [0.2, 0.25) is 0 Å². The molecule has 0 aliphatic carbocycles. The molecule has 0 spiro atoms. The van der Waals surface area contributed by atoms with E-state index in [9.17, 15) is 13.2 Å². The van der Waals surface area contributed by atoms with Crippen molar-refractivity contribution in [3.05, 3.63) is 23.8 Å². The first-order valence-electron chi connectivity index (χ1n) is 5.82. The molecule has 2 rings (SSSR count). The molecule has 18 heavy (non-hydrogen) atoms. The predicted molar refractivity (Wildman–Crippen MR) is 69.1 cm³/mol. The van der Waals surface area contributed by atoms with Crippen LogP contribution >= 0.6 is 0 Å². The van der Waals surface area contributed by atoms with Crippen LogP contribution in [0.15, 0.2) is 23.1 Å². The number of anilines is 1. The van der Waals surface area contributed by atoms with Crippen molar-refractivity contribution < 1.29 is 13.2 Å². The third-order valence-corrected chi connectivity index (χ3v) is 4.83. The SMILES string of the molecule is CC(N)C(=O)Nc1ccc2c(c1)CCCS2(=O)=O. The highest BCUT2D eigenvalue weighted by atomic mass is 32.2. The Morgan fingerprint density at radius 3 is 2.83 bits per heavy atom. The van der Waals surface area contributed by atoms with Gasteiger partial charge in [0.05, 0.1) is 16.7 Å². The number of hydrogen-bond acceptors (Lipinski definition) is 4. The summed E-state index contributed by atoms with van der Waals surface area (Å²) in [6, 6.07) is 4.28. The molecular formula is C12H16N2O3S. The fourth-order valence-corrected chi connectivity index (χ4v) is 3.55. The molecule has 1 aliphatic heterocycles. The van der Waals surface area contributed by atoms with Gasteiger partial charge in [-0.1, -0.05) is 0 Å². The Kier molecular flexibility index (Phi) is 3.41. The van der Waals surface area contributed by atoms with Gasteiger partial charge in [-0.05, 0) is 43.5 Å². The van der Waals surface area contributed by atoms with Crippen molar-refractivity contribution in [2.75, 3.05) is 11.1 Å². The van der Waals surface area contributed by atoms with Crippen molar-refractivity contribution in [1.82, 2.24) is 0 Å². The van der Waals surface area contributed by atoms with E-state index in [1.54, 1.807) is 25.1 Å². The summed E-state index contributed by atoms with van der Waals surface area (Å²) in [7, 11) is -3.14. The number of nitrogens with one attached hydrogen (secondary N) is 1. The van der Waals surface area contributed by atoms with Gasteiger partial charge in [0.2, 0.25) is 5.91 Å². The summed E-state index contributed by atoms with van der Waals surface area (Å²) < 4.78 is 23.6. The molecule has 1 amide bonds. The molecule has 0 fully saturated rings. The molecule has 0 bridgehead atoms. The van der Waals surface area contributed by atoms with E-state index in [1.165, 1.54) is 0 Å². The number of benzene rings is 1. The maximum absolute atomic E-state index is 11.8. The van der Waals surface area contributed by atoms with E-state index >= 15 is 0 Å². The monoisotopic (exact) mass is 268 g/mol. The van der Waals surface area contributed by atoms with Gasteiger partial charge in [0, 0.05) is 5.69 Å². The molecule has 0 saturated heterocycles. The normalized spacial score (nSPS) is 18.8. The van der Waals surface area contributed by atoms with E-state index in [0.29, 0.717) is 17.0 Å². The summed E-state index contributed by atoms with van der Waals surface area (Å²) in [5, 5.41) is 2.66. The lowest BCUT2D eigenvalue weighted by molar-refractivity contribution is -0.117. The van der Waals surface area contributed by atoms with E-state index in [0.717, 1.165) is 12.0 Å². The number of aryl methyl sites for hydroxylation is 1. The lowest BCUT2D eigenvalue weighted by atomic mass is 10.1. The lowest BCUT2D eigenvalue weighted by Crippen LogP contribution is -2.32. The van der Waals surface area contributed by atoms with E-state index in [2.05, 4.69) is 5.32 Å². The number of hydrogen-bond donors (Lipinski definition) is 2. The van der Waals surface area contributed by atoms with Gasteiger partial charge in [0.15, 0.2) is 9.84 Å². The first kappa shape index (κ1) is 13.0. The highest BCUT2D eigenvalue weighted by Gasteiger charge is 2.23. The molecule has 0 saturated carbocycles. The smallest absolute Gasteiger partial charge is 0.240 e. The molecule has 3 N–H and O–H groups in total. The molecule has 1 aromatic rings. The molecule has 98 valence electrons. The van der Waals surface area contributed by atoms with Crippen LogP contribution in [-0.2, 0) is 21.1 Å². The van der Waals surface area contributed by atoms with E-state index in [4.69, 9.17) is 5.73 Å². The molecular weight excluding hydrogens is 252 g/mol. The Hall–Kier alpha value is -1.40. The van der Waals surface area contributed by atoms with Crippen LogP contribution in [0, 0.1) is 0 Å². The zero-order valence-corrected chi connectivity index (χ0v) is 11.0. The summed E-state index contributed by atoms with van der Waals surface area (Å²) in [6.45, 7) is 1.60. The number of carbonyl (C=O) groups excluding carboxylic acids is 1. The highest BCUT2D eigenvalue weighted by molar-refractivity contribution is 7.91. The summed E-state index contributed by atoms with van der Waals surface area (Å²) in [5.41, 5.74) is 6.81. The second kappa shape index (κ2) is 4.70. The Labute approximate surface area is 106 Å². The summed E-state index contributed by atoms with van der Waals surface area (Å²) >= 11 is 0. The second-order valence-corrected chi connectivity index (χ2v) is 6.60. The topological polar surface area (TPSA) is 89.3 Å². The maximum atomic E-state index is 11.8. The first-order chi connectivity index (χ1) is 8.40. The van der Waals surface area contributed by atoms with Gasteiger partial charge < -0.3 is 11.1 Å². The van der Waals surface area contributed by atoms with Gasteiger partial charge in [-0.3, -0.25) is 4.79 Å². The standard InChI is InChI=1S/C12H16N2O3S/c1-8(13)12(15)14-10-4-5-11-9(7-10)3-2-6-18(11,16)17/h4-5,7-8H,2-3,6,13H2,1H3,(H,14,15). The van der Waals surface area contributed by atoms with E-state index in [-0.39, 0.29) is 11.7 Å². The second-order valence-electron chi connectivity index (χ2n) is 4.52. The van der Waals surface area contributed by atoms with Crippen molar-refractivity contribution in [3.8, 4) is 0 Å². The quantitative estimate of drug-likeness (QED) is 0.826. The summed E-state index contributed by atoms with van der Waals surface area (Å²) in [6.07, 6.45) is 1.34. The number of rotatable bonds is 2. The fourth-order valence-electron chi connectivity index (χ4n) is 1.97. The Morgan fingerprint density at radius 2 is 2.17 bits per heavy atom. The minimum atomic E-state index is -3.14. The summed E-state index contributed by atoms with van der Waals surface area (Å²) in [5.74, 6) is -0.0837. The molecule has 0 radical (unpaired) electrons. The Bertz CT molecular complexity index is 579. The predicted octanol–water partition coefficient (Wildman–Crippen LogP) is 0.692. The minimum Gasteiger partial charge on any atom is -0.325 e. The van der Waals surface area contributed by atoms with E-state index in [1.807, 2.05) is 0 Å². The van der Waals surface area contributed by atoms with Crippen molar-refractivity contribution >= 4 is 21.4 Å². The number of nitrogens with two attached hydrogens (primary N) is 1. The Morgan fingerprint density at radius 1 is 1.44 bits per heavy atom. The van der Waals surface area contributed by atoms with Gasteiger partial charge in [0.25, 0.3) is 0 Å². The van der Waals surface area contributed by atoms with E-state index < -0.39 is 15.9 Å². The average molecular weight is 268 g/mol. The van der Waals surface area contributed by atoms with Crippen LogP contribution < -0.4 is 11.1 Å². The van der Waals surface area contributed by atoms with Crippen LogP contribution in [0.25, 0.3) is 0 Å². The van der Waals surface area contributed by atoms with Crippen molar-refractivity contribution in [3.63, 3.8) is 0 Å². The van der Waals surface area contributed by atoms with Crippen molar-refractivity contribution in [1.29, 1.82) is 0 Å². The molecule has 6 heteroatoms. The van der Waals surface area contributed by atoms with Crippen LogP contribution in [-0.4, -0.2) is 26.1 Å². The van der Waals surface area contributed by atoms with Crippen molar-refractivity contribution in [2.24, 2.45) is 5.73 Å². The molecule has 1 aliphatic rings. The van der Waals surface area contributed by atoms with Gasteiger partial charge >= 0.3 is 0 Å². The third-order valence-electron chi connectivity index (χ3n) is 2.94. The van der Waals surface area contributed by atoms with Gasteiger partial charge in [-0.2, -0.15) is 0 Å². The van der Waals surface area contributed by atoms with Gasteiger partial charge in [0.1, 0.15) is 0 Å². The molecule has 5 nitrogen and oxygen atoms in total. The van der Waals surface area contributed by atoms with Crippen LogP contribution in [0.1, 0.15) is 18.9 Å². The van der Waals surface area contributed by atoms with Gasteiger partial charge in [-0.15, -0.1) is 0 Å². The zero-order valence-electron chi connectivity index (χ0n) is 10.1. The largest absolute Gasteiger partial charge is 0.325 e. The highest BCUT2D eigenvalue weighted by Crippen LogP contribution is 2.27. The Balaban J connectivity index is 2.31. The average Bonchev–Trinajstić information content (AvgIpc) is 2.28. The van der Waals surface area contributed by atoms with Crippen LogP contribution in [0.3, 0.4) is 0 Å². The number of sulfone groups is 1. The molecule has 1 heterocycles. The van der Waals surface area contributed by atoms with Crippen LogP contribution in [0.5, 0.6) is 0 Å². The minimum absolute atomic E-state index is 0.200. The maximum Gasteiger partial charge on any atom is 0.240 e. The lowest BCUT2D eigenvalue weighted by Gasteiger charge is -2.17. The fraction of sp³-hybridized carbons (Fsp3) is 0.417.